The molecule has 0 aromatic carbocycles. The molecule has 0 spiro atoms. The molecular formula is C13H20N6. The van der Waals surface area contributed by atoms with Gasteiger partial charge < -0.3 is 15.3 Å². The minimum absolute atomic E-state index is 0.134. The number of imidazole rings is 1. The Hall–Kier alpha value is -1.69. The lowest BCUT2D eigenvalue weighted by Crippen LogP contribution is -2.22. The molecular weight excluding hydrogens is 240 g/mol. The highest BCUT2D eigenvalue weighted by atomic mass is 15.3. The molecule has 1 aliphatic rings. The summed E-state index contributed by atoms with van der Waals surface area (Å²) in [5, 5.41) is 8.28. The molecule has 1 saturated carbocycles. The van der Waals surface area contributed by atoms with E-state index >= 15 is 0 Å². The smallest absolute Gasteiger partial charge is 0.150 e. The van der Waals surface area contributed by atoms with Gasteiger partial charge in [-0.1, -0.05) is 19.3 Å². The van der Waals surface area contributed by atoms with Crippen LogP contribution in [0, 0.1) is 0 Å². The number of nitrogens with two attached hydrogens (primary N) is 1. The zero-order chi connectivity index (χ0) is 13.1. The number of aromatic amines is 1. The summed E-state index contributed by atoms with van der Waals surface area (Å²) in [4.78, 5) is 7.10. The van der Waals surface area contributed by atoms with E-state index in [-0.39, 0.29) is 6.04 Å². The van der Waals surface area contributed by atoms with Gasteiger partial charge in [0.2, 0.25) is 0 Å². The Morgan fingerprint density at radius 3 is 2.95 bits per heavy atom. The van der Waals surface area contributed by atoms with E-state index in [1.54, 1.807) is 12.5 Å². The first-order chi connectivity index (χ1) is 9.34. The van der Waals surface area contributed by atoms with Crippen molar-refractivity contribution < 1.29 is 0 Å². The molecule has 1 fully saturated rings. The zero-order valence-electron chi connectivity index (χ0n) is 11.0. The molecule has 3 N–H and O–H groups in total. The second-order valence-corrected chi connectivity index (χ2v) is 5.28. The maximum Gasteiger partial charge on any atom is 0.150 e. The monoisotopic (exact) mass is 260 g/mol. The van der Waals surface area contributed by atoms with Crippen LogP contribution in [0.1, 0.15) is 55.7 Å². The number of nitrogens with zero attached hydrogens (tertiary/aromatic N) is 4. The van der Waals surface area contributed by atoms with Gasteiger partial charge in [-0.05, 0) is 12.8 Å². The van der Waals surface area contributed by atoms with E-state index in [4.69, 9.17) is 5.73 Å². The fourth-order valence-corrected chi connectivity index (χ4v) is 2.88. The van der Waals surface area contributed by atoms with Crippen LogP contribution in [-0.4, -0.2) is 24.7 Å². The van der Waals surface area contributed by atoms with Crippen molar-refractivity contribution in [1.82, 2.24) is 24.7 Å². The van der Waals surface area contributed by atoms with Gasteiger partial charge in [0.05, 0.1) is 12.4 Å². The standard InChI is InChI=1S/C13H20N6/c14-12(6-10-7-15-8-16-10)13-18-17-9-19(13)11-4-2-1-3-5-11/h7-9,11-12H,1-6,14H2,(H,15,16)/t12-/m1/s1. The normalized spacial score (nSPS) is 18.6. The fourth-order valence-electron chi connectivity index (χ4n) is 2.88. The number of hydrogen-bond donors (Lipinski definition) is 2. The molecule has 0 aliphatic heterocycles. The number of hydrogen-bond acceptors (Lipinski definition) is 4. The van der Waals surface area contributed by atoms with E-state index in [1.165, 1.54) is 32.1 Å². The number of aromatic nitrogens is 5. The van der Waals surface area contributed by atoms with Crippen LogP contribution in [0.3, 0.4) is 0 Å². The van der Waals surface area contributed by atoms with E-state index in [9.17, 15) is 0 Å². The summed E-state index contributed by atoms with van der Waals surface area (Å²) in [6.07, 6.45) is 12.4. The van der Waals surface area contributed by atoms with Gasteiger partial charge in [0, 0.05) is 24.4 Å². The molecule has 1 aliphatic carbocycles. The van der Waals surface area contributed by atoms with Crippen molar-refractivity contribution in [2.24, 2.45) is 5.73 Å². The number of rotatable bonds is 4. The van der Waals surface area contributed by atoms with Crippen molar-refractivity contribution in [3.05, 3.63) is 30.4 Å². The summed E-state index contributed by atoms with van der Waals surface area (Å²) in [6.45, 7) is 0. The molecule has 0 saturated heterocycles. The SMILES string of the molecule is N[C@H](Cc1cnc[nH]1)c1nncn1C1CCCCC1. The maximum atomic E-state index is 6.27. The van der Waals surface area contributed by atoms with Crippen molar-refractivity contribution in [3.63, 3.8) is 0 Å². The fraction of sp³-hybridized carbons (Fsp3) is 0.615. The van der Waals surface area contributed by atoms with Gasteiger partial charge >= 0.3 is 0 Å². The topological polar surface area (TPSA) is 85.4 Å². The van der Waals surface area contributed by atoms with Gasteiger partial charge in [0.15, 0.2) is 0 Å². The Morgan fingerprint density at radius 2 is 2.21 bits per heavy atom. The summed E-state index contributed by atoms with van der Waals surface area (Å²) in [7, 11) is 0. The zero-order valence-corrected chi connectivity index (χ0v) is 11.0. The molecule has 102 valence electrons. The lowest BCUT2D eigenvalue weighted by molar-refractivity contribution is 0.340. The summed E-state index contributed by atoms with van der Waals surface area (Å²) in [6, 6.07) is 0.386. The van der Waals surface area contributed by atoms with Crippen LogP contribution in [0.15, 0.2) is 18.9 Å². The minimum atomic E-state index is -0.134. The van der Waals surface area contributed by atoms with E-state index in [2.05, 4.69) is 24.7 Å². The van der Waals surface area contributed by atoms with Crippen LogP contribution in [0.25, 0.3) is 0 Å². The largest absolute Gasteiger partial charge is 0.348 e. The third-order valence-electron chi connectivity index (χ3n) is 3.90. The van der Waals surface area contributed by atoms with Gasteiger partial charge in [-0.15, -0.1) is 10.2 Å². The van der Waals surface area contributed by atoms with Gasteiger partial charge in [0.25, 0.3) is 0 Å². The molecule has 0 amide bonds. The third kappa shape index (κ3) is 2.68. The molecule has 3 rings (SSSR count). The van der Waals surface area contributed by atoms with Crippen molar-refractivity contribution in [3.8, 4) is 0 Å². The van der Waals surface area contributed by atoms with Crippen LogP contribution in [0.4, 0.5) is 0 Å². The Kier molecular flexibility index (Phi) is 3.59. The number of H-pyrrole nitrogens is 1. The molecule has 6 heteroatoms. The Labute approximate surface area is 112 Å². The highest BCUT2D eigenvalue weighted by Crippen LogP contribution is 2.29. The van der Waals surface area contributed by atoms with E-state index < -0.39 is 0 Å². The van der Waals surface area contributed by atoms with Crippen molar-refractivity contribution in [2.75, 3.05) is 0 Å². The minimum Gasteiger partial charge on any atom is -0.348 e. The quantitative estimate of drug-likeness (QED) is 0.877. The van der Waals surface area contributed by atoms with Crippen molar-refractivity contribution in [2.45, 2.75) is 50.6 Å². The molecule has 0 unspecified atom stereocenters. The van der Waals surface area contributed by atoms with Crippen LogP contribution in [0.5, 0.6) is 0 Å². The van der Waals surface area contributed by atoms with Crippen LogP contribution < -0.4 is 5.73 Å². The predicted octanol–water partition coefficient (Wildman–Crippen LogP) is 1.75. The average Bonchev–Trinajstić information content (AvgIpc) is 3.10. The summed E-state index contributed by atoms with van der Waals surface area (Å²) < 4.78 is 2.18. The Morgan fingerprint density at radius 1 is 1.37 bits per heavy atom. The van der Waals surface area contributed by atoms with Gasteiger partial charge in [-0.25, -0.2) is 4.98 Å². The van der Waals surface area contributed by atoms with E-state index in [0.29, 0.717) is 12.5 Å². The first-order valence-electron chi connectivity index (χ1n) is 6.97. The lowest BCUT2D eigenvalue weighted by Gasteiger charge is -2.25. The molecule has 0 bridgehead atoms. The highest BCUT2D eigenvalue weighted by molar-refractivity contribution is 5.04. The summed E-state index contributed by atoms with van der Waals surface area (Å²) >= 11 is 0. The van der Waals surface area contributed by atoms with Crippen molar-refractivity contribution in [1.29, 1.82) is 0 Å². The molecule has 1 atom stereocenters. The van der Waals surface area contributed by atoms with E-state index in [0.717, 1.165) is 11.5 Å². The second kappa shape index (κ2) is 5.52. The second-order valence-electron chi connectivity index (χ2n) is 5.28. The predicted molar refractivity (Wildman–Crippen MR) is 71.4 cm³/mol. The molecule has 2 heterocycles. The van der Waals surface area contributed by atoms with Crippen LogP contribution in [0.2, 0.25) is 0 Å². The molecule has 19 heavy (non-hydrogen) atoms. The van der Waals surface area contributed by atoms with Gasteiger partial charge in [-0.3, -0.25) is 0 Å². The van der Waals surface area contributed by atoms with E-state index in [1.807, 2.05) is 6.33 Å². The van der Waals surface area contributed by atoms with Gasteiger partial charge in [-0.2, -0.15) is 0 Å². The Balaban J connectivity index is 1.75. The molecule has 0 radical (unpaired) electrons. The first-order valence-corrected chi connectivity index (χ1v) is 6.97. The third-order valence-corrected chi connectivity index (χ3v) is 3.90. The van der Waals surface area contributed by atoms with Crippen LogP contribution >= 0.6 is 0 Å². The molecule has 2 aromatic heterocycles. The summed E-state index contributed by atoms with van der Waals surface area (Å²) in [5.41, 5.74) is 7.30. The number of nitrogens with one attached hydrogen (secondary N) is 1. The average molecular weight is 260 g/mol. The Bertz CT molecular complexity index is 497. The molecule has 2 aromatic rings. The maximum absolute atomic E-state index is 6.27. The lowest BCUT2D eigenvalue weighted by atomic mass is 9.95. The highest BCUT2D eigenvalue weighted by Gasteiger charge is 2.22. The van der Waals surface area contributed by atoms with Crippen LogP contribution in [-0.2, 0) is 6.42 Å². The van der Waals surface area contributed by atoms with Gasteiger partial charge in [0.1, 0.15) is 12.2 Å². The summed E-state index contributed by atoms with van der Waals surface area (Å²) in [5.74, 6) is 0.890. The molecule has 6 nitrogen and oxygen atoms in total. The van der Waals surface area contributed by atoms with Crippen molar-refractivity contribution >= 4 is 0 Å². The first kappa shape index (κ1) is 12.3.